The number of benzene rings is 2. The van der Waals surface area contributed by atoms with Crippen LogP contribution in [0.1, 0.15) is 15.9 Å². The van der Waals surface area contributed by atoms with Crippen LogP contribution in [0.4, 0.5) is 13.2 Å². The Morgan fingerprint density at radius 1 is 1.05 bits per heavy atom. The van der Waals surface area contributed by atoms with Gasteiger partial charge in [-0.05, 0) is 42.8 Å². The Bertz CT molecular complexity index is 654. The van der Waals surface area contributed by atoms with Crippen molar-refractivity contribution in [2.75, 3.05) is 6.61 Å². The minimum atomic E-state index is -0.936. The molecular formula is C15H11F3O2. The van der Waals surface area contributed by atoms with Crippen molar-refractivity contribution in [3.8, 4) is 5.75 Å². The van der Waals surface area contributed by atoms with Gasteiger partial charge in [0.25, 0.3) is 0 Å². The molecule has 0 saturated heterocycles. The summed E-state index contributed by atoms with van der Waals surface area (Å²) in [6.07, 6.45) is 0. The third-order valence-corrected chi connectivity index (χ3v) is 2.73. The van der Waals surface area contributed by atoms with Gasteiger partial charge in [-0.3, -0.25) is 4.79 Å². The van der Waals surface area contributed by atoms with E-state index < -0.39 is 24.0 Å². The molecule has 2 aromatic rings. The molecule has 0 bridgehead atoms. The first-order valence-electron chi connectivity index (χ1n) is 5.84. The molecule has 0 fully saturated rings. The van der Waals surface area contributed by atoms with Crippen molar-refractivity contribution in [2.24, 2.45) is 0 Å². The van der Waals surface area contributed by atoms with E-state index in [-0.39, 0.29) is 11.4 Å². The Morgan fingerprint density at radius 3 is 2.45 bits per heavy atom. The summed E-state index contributed by atoms with van der Waals surface area (Å²) in [6.45, 7) is 1.15. The molecule has 0 aliphatic carbocycles. The Kier molecular flexibility index (Phi) is 4.08. The maximum Gasteiger partial charge on any atom is 0.203 e. The number of aryl methyl sites for hydroxylation is 1. The molecule has 0 aliphatic rings. The van der Waals surface area contributed by atoms with Gasteiger partial charge in [0, 0.05) is 6.07 Å². The fraction of sp³-hybridized carbons (Fsp3) is 0.133. The number of Topliss-reactive ketones (excluding diaryl/α,β-unsaturated/α-hetero) is 1. The molecule has 0 aliphatic heterocycles. The summed E-state index contributed by atoms with van der Waals surface area (Å²) in [5.74, 6) is -2.39. The Balaban J connectivity index is 2.06. The van der Waals surface area contributed by atoms with E-state index in [4.69, 9.17) is 4.74 Å². The van der Waals surface area contributed by atoms with Crippen molar-refractivity contribution in [3.05, 3.63) is 65.0 Å². The van der Waals surface area contributed by atoms with E-state index >= 15 is 0 Å². The summed E-state index contributed by atoms with van der Waals surface area (Å²) in [5, 5.41) is 0. The number of hydrogen-bond donors (Lipinski definition) is 0. The van der Waals surface area contributed by atoms with Gasteiger partial charge in [-0.25, -0.2) is 13.2 Å². The van der Waals surface area contributed by atoms with Gasteiger partial charge in [-0.2, -0.15) is 0 Å². The van der Waals surface area contributed by atoms with E-state index in [0.717, 1.165) is 12.1 Å². The van der Waals surface area contributed by atoms with Crippen LogP contribution in [0.2, 0.25) is 0 Å². The largest absolute Gasteiger partial charge is 0.485 e. The minimum Gasteiger partial charge on any atom is -0.485 e. The molecule has 0 heterocycles. The van der Waals surface area contributed by atoms with Crippen molar-refractivity contribution >= 4 is 5.78 Å². The fourth-order valence-corrected chi connectivity index (χ4v) is 1.65. The van der Waals surface area contributed by atoms with Gasteiger partial charge in [0.2, 0.25) is 5.78 Å². The summed E-state index contributed by atoms with van der Waals surface area (Å²) in [4.78, 5) is 11.7. The van der Waals surface area contributed by atoms with Gasteiger partial charge < -0.3 is 4.74 Å². The van der Waals surface area contributed by atoms with Crippen LogP contribution in [0.25, 0.3) is 0 Å². The van der Waals surface area contributed by atoms with Gasteiger partial charge in [0.15, 0.2) is 6.61 Å². The number of ketones is 1. The molecule has 2 aromatic carbocycles. The second-order valence-electron chi connectivity index (χ2n) is 4.25. The maximum atomic E-state index is 13.4. The summed E-state index contributed by atoms with van der Waals surface area (Å²) in [7, 11) is 0. The fourth-order valence-electron chi connectivity index (χ4n) is 1.65. The van der Waals surface area contributed by atoms with Gasteiger partial charge >= 0.3 is 0 Å². The molecule has 2 nitrogen and oxygen atoms in total. The van der Waals surface area contributed by atoms with Gasteiger partial charge in [-0.15, -0.1) is 0 Å². The number of carbonyl (C=O) groups is 1. The summed E-state index contributed by atoms with van der Waals surface area (Å²) in [6, 6.07) is 6.72. The first kappa shape index (κ1) is 14.1. The molecule has 0 spiro atoms. The highest BCUT2D eigenvalue weighted by Crippen LogP contribution is 2.17. The highest BCUT2D eigenvalue weighted by molar-refractivity contribution is 5.97. The molecule has 0 unspecified atom stereocenters. The highest BCUT2D eigenvalue weighted by Gasteiger charge is 2.13. The smallest absolute Gasteiger partial charge is 0.203 e. The summed E-state index contributed by atoms with van der Waals surface area (Å²) in [5.41, 5.74) is 0.133. The lowest BCUT2D eigenvalue weighted by Crippen LogP contribution is -2.13. The normalized spacial score (nSPS) is 10.4. The average Bonchev–Trinajstić information content (AvgIpc) is 2.40. The zero-order chi connectivity index (χ0) is 14.7. The van der Waals surface area contributed by atoms with Crippen molar-refractivity contribution in [1.82, 2.24) is 0 Å². The van der Waals surface area contributed by atoms with Crippen molar-refractivity contribution < 1.29 is 22.7 Å². The second kappa shape index (κ2) is 5.77. The molecule has 0 N–H and O–H groups in total. The molecule has 5 heteroatoms. The number of ether oxygens (including phenoxy) is 1. The van der Waals surface area contributed by atoms with E-state index in [2.05, 4.69) is 0 Å². The van der Waals surface area contributed by atoms with E-state index in [1.54, 1.807) is 6.92 Å². The third-order valence-electron chi connectivity index (χ3n) is 2.73. The molecule has 0 aromatic heterocycles. The van der Waals surface area contributed by atoms with E-state index in [1.165, 1.54) is 18.2 Å². The first-order valence-corrected chi connectivity index (χ1v) is 5.84. The minimum absolute atomic E-state index is 0.245. The van der Waals surface area contributed by atoms with Crippen LogP contribution in [-0.4, -0.2) is 12.4 Å². The first-order chi connectivity index (χ1) is 9.47. The molecule has 0 amide bonds. The highest BCUT2D eigenvalue weighted by atomic mass is 19.1. The molecule has 20 heavy (non-hydrogen) atoms. The molecule has 2 rings (SSSR count). The third kappa shape index (κ3) is 3.17. The molecule has 0 saturated carbocycles. The average molecular weight is 280 g/mol. The topological polar surface area (TPSA) is 26.3 Å². The van der Waals surface area contributed by atoms with Crippen LogP contribution in [0.15, 0.2) is 36.4 Å². The van der Waals surface area contributed by atoms with Crippen LogP contribution in [-0.2, 0) is 0 Å². The van der Waals surface area contributed by atoms with Crippen LogP contribution in [0.3, 0.4) is 0 Å². The lowest BCUT2D eigenvalue weighted by molar-refractivity contribution is 0.0917. The van der Waals surface area contributed by atoms with Gasteiger partial charge in [0.1, 0.15) is 23.2 Å². The SMILES string of the molecule is Cc1cc(OCC(=O)c2ccc(F)cc2F)ccc1F. The van der Waals surface area contributed by atoms with Crippen molar-refractivity contribution in [2.45, 2.75) is 6.92 Å². The predicted molar refractivity (Wildman–Crippen MR) is 67.3 cm³/mol. The summed E-state index contributed by atoms with van der Waals surface area (Å²) >= 11 is 0. The molecule has 104 valence electrons. The standard InChI is InChI=1S/C15H11F3O2/c1-9-6-11(3-5-13(9)17)20-8-15(19)12-4-2-10(16)7-14(12)18/h2-7H,8H2,1H3. The number of rotatable bonds is 4. The molecular weight excluding hydrogens is 269 g/mol. The quantitative estimate of drug-likeness (QED) is 0.799. The van der Waals surface area contributed by atoms with Gasteiger partial charge in [0.05, 0.1) is 5.56 Å². The number of carbonyl (C=O) groups excluding carboxylic acids is 1. The van der Waals surface area contributed by atoms with Crippen molar-refractivity contribution in [3.63, 3.8) is 0 Å². The van der Waals surface area contributed by atoms with Crippen LogP contribution in [0, 0.1) is 24.4 Å². The van der Waals surface area contributed by atoms with Crippen LogP contribution < -0.4 is 4.74 Å². The number of hydrogen-bond acceptors (Lipinski definition) is 2. The zero-order valence-electron chi connectivity index (χ0n) is 10.6. The van der Waals surface area contributed by atoms with E-state index in [9.17, 15) is 18.0 Å². The Morgan fingerprint density at radius 2 is 1.80 bits per heavy atom. The maximum absolute atomic E-state index is 13.4. The van der Waals surface area contributed by atoms with Crippen molar-refractivity contribution in [1.29, 1.82) is 0 Å². The molecule has 0 radical (unpaired) electrons. The number of halogens is 3. The van der Waals surface area contributed by atoms with E-state index in [0.29, 0.717) is 17.4 Å². The lowest BCUT2D eigenvalue weighted by atomic mass is 10.1. The molecule has 0 atom stereocenters. The predicted octanol–water partition coefficient (Wildman–Crippen LogP) is 3.67. The lowest BCUT2D eigenvalue weighted by Gasteiger charge is -2.07. The van der Waals surface area contributed by atoms with Gasteiger partial charge in [-0.1, -0.05) is 0 Å². The van der Waals surface area contributed by atoms with Crippen LogP contribution in [0.5, 0.6) is 5.75 Å². The zero-order valence-corrected chi connectivity index (χ0v) is 10.6. The van der Waals surface area contributed by atoms with Crippen LogP contribution >= 0.6 is 0 Å². The van der Waals surface area contributed by atoms with E-state index in [1.807, 2.05) is 0 Å². The second-order valence-corrected chi connectivity index (χ2v) is 4.25. The summed E-state index contributed by atoms with van der Waals surface area (Å²) < 4.78 is 44.3. The Hall–Kier alpha value is -2.30. The Labute approximate surface area is 113 Å². The monoisotopic (exact) mass is 280 g/mol.